The van der Waals surface area contributed by atoms with Crippen molar-refractivity contribution in [3.8, 4) is 0 Å². The van der Waals surface area contributed by atoms with E-state index in [9.17, 15) is 17.6 Å². The molecular formula is C12H13F4N3O. The molecule has 0 aromatic heterocycles. The highest BCUT2D eigenvalue weighted by Crippen LogP contribution is 2.36. The second kappa shape index (κ2) is 5.18. The van der Waals surface area contributed by atoms with Crippen LogP contribution in [0.25, 0.3) is 0 Å². The average Bonchev–Trinajstić information content (AvgIpc) is 3.18. The smallest absolute Gasteiger partial charge is 0.405 e. The maximum Gasteiger partial charge on any atom is 0.405 e. The van der Waals surface area contributed by atoms with E-state index in [0.717, 1.165) is 17.0 Å². The Balaban J connectivity index is 2.42. The summed E-state index contributed by atoms with van der Waals surface area (Å²) in [7, 11) is 0. The zero-order valence-corrected chi connectivity index (χ0v) is 10.4. The number of benzene rings is 1. The number of halogens is 4. The predicted octanol–water partition coefficient (Wildman–Crippen LogP) is 2.45. The van der Waals surface area contributed by atoms with Crippen molar-refractivity contribution >= 4 is 11.5 Å². The number of hydrogen-bond donors (Lipinski definition) is 2. The van der Waals surface area contributed by atoms with Gasteiger partial charge in [-0.05, 0) is 31.0 Å². The third-order valence-corrected chi connectivity index (χ3v) is 2.99. The molecule has 0 heterocycles. The van der Waals surface area contributed by atoms with Crippen LogP contribution < -0.4 is 10.6 Å². The van der Waals surface area contributed by atoms with Gasteiger partial charge >= 0.3 is 6.18 Å². The Bertz CT molecular complexity index is 526. The fourth-order valence-corrected chi connectivity index (χ4v) is 2.01. The van der Waals surface area contributed by atoms with Gasteiger partial charge in [-0.15, -0.1) is 0 Å². The molecule has 1 aromatic rings. The van der Waals surface area contributed by atoms with E-state index in [0.29, 0.717) is 12.8 Å². The minimum Gasteiger partial charge on any atom is -0.409 e. The first-order valence-corrected chi connectivity index (χ1v) is 5.92. The summed E-state index contributed by atoms with van der Waals surface area (Å²) in [5.74, 6) is -1.09. The largest absolute Gasteiger partial charge is 0.409 e. The Morgan fingerprint density at radius 2 is 2.05 bits per heavy atom. The molecule has 8 heteroatoms. The van der Waals surface area contributed by atoms with Crippen molar-refractivity contribution in [3.05, 3.63) is 29.6 Å². The van der Waals surface area contributed by atoms with Crippen LogP contribution in [-0.2, 0) is 0 Å². The van der Waals surface area contributed by atoms with Crippen LogP contribution in [0.4, 0.5) is 23.2 Å². The average molecular weight is 291 g/mol. The molecule has 0 saturated heterocycles. The van der Waals surface area contributed by atoms with Crippen molar-refractivity contribution in [1.29, 1.82) is 0 Å². The normalized spacial score (nSPS) is 16.3. The topological polar surface area (TPSA) is 61.9 Å². The third kappa shape index (κ3) is 3.31. The number of hydrogen-bond acceptors (Lipinski definition) is 3. The van der Waals surface area contributed by atoms with Gasteiger partial charge < -0.3 is 15.8 Å². The number of nitrogens with zero attached hydrogens (tertiary/aromatic N) is 2. The number of amidine groups is 1. The summed E-state index contributed by atoms with van der Waals surface area (Å²) >= 11 is 0. The number of nitrogens with two attached hydrogens (primary N) is 1. The van der Waals surface area contributed by atoms with Gasteiger partial charge in [-0.2, -0.15) is 13.2 Å². The molecule has 1 saturated carbocycles. The van der Waals surface area contributed by atoms with E-state index in [4.69, 9.17) is 10.9 Å². The number of anilines is 1. The predicted molar refractivity (Wildman–Crippen MR) is 65.3 cm³/mol. The highest BCUT2D eigenvalue weighted by Gasteiger charge is 2.39. The monoisotopic (exact) mass is 291 g/mol. The second-order valence-electron chi connectivity index (χ2n) is 4.62. The quantitative estimate of drug-likeness (QED) is 0.294. The molecule has 110 valence electrons. The van der Waals surface area contributed by atoms with Gasteiger partial charge in [-0.3, -0.25) is 0 Å². The van der Waals surface area contributed by atoms with Crippen LogP contribution in [0.5, 0.6) is 0 Å². The minimum absolute atomic E-state index is 0.0522. The summed E-state index contributed by atoms with van der Waals surface area (Å²) in [4.78, 5) is 1.12. The molecule has 1 fully saturated rings. The molecule has 0 aliphatic heterocycles. The molecule has 1 aliphatic carbocycles. The summed E-state index contributed by atoms with van der Waals surface area (Å²) in [6.07, 6.45) is -3.13. The van der Waals surface area contributed by atoms with Crippen LogP contribution >= 0.6 is 0 Å². The Kier molecular flexibility index (Phi) is 3.74. The maximum absolute atomic E-state index is 13.2. The Morgan fingerprint density at radius 3 is 2.55 bits per heavy atom. The van der Waals surface area contributed by atoms with Crippen molar-refractivity contribution < 1.29 is 22.8 Å². The molecular weight excluding hydrogens is 278 g/mol. The number of alkyl halides is 3. The van der Waals surface area contributed by atoms with E-state index in [1.165, 1.54) is 6.07 Å². The fourth-order valence-electron chi connectivity index (χ4n) is 2.01. The molecule has 0 spiro atoms. The summed E-state index contributed by atoms with van der Waals surface area (Å²) in [6.45, 7) is -1.16. The van der Waals surface area contributed by atoms with Gasteiger partial charge in [0.15, 0.2) is 5.84 Å². The Hall–Kier alpha value is -1.99. The van der Waals surface area contributed by atoms with Crippen molar-refractivity contribution in [2.45, 2.75) is 25.1 Å². The second-order valence-corrected chi connectivity index (χ2v) is 4.62. The molecule has 1 aliphatic rings. The van der Waals surface area contributed by atoms with Crippen LogP contribution in [-0.4, -0.2) is 29.8 Å². The molecule has 0 amide bonds. The van der Waals surface area contributed by atoms with E-state index in [1.54, 1.807) is 0 Å². The van der Waals surface area contributed by atoms with Crippen molar-refractivity contribution in [3.63, 3.8) is 0 Å². The lowest BCUT2D eigenvalue weighted by molar-refractivity contribution is -0.120. The lowest BCUT2D eigenvalue weighted by Gasteiger charge is -2.27. The van der Waals surface area contributed by atoms with Gasteiger partial charge in [0.2, 0.25) is 0 Å². The van der Waals surface area contributed by atoms with Gasteiger partial charge in [0.25, 0.3) is 0 Å². The van der Waals surface area contributed by atoms with Gasteiger partial charge in [0, 0.05) is 17.3 Å². The molecule has 0 radical (unpaired) electrons. The lowest BCUT2D eigenvalue weighted by Crippen LogP contribution is -2.37. The highest BCUT2D eigenvalue weighted by molar-refractivity contribution is 6.02. The van der Waals surface area contributed by atoms with Crippen molar-refractivity contribution in [2.75, 3.05) is 11.4 Å². The van der Waals surface area contributed by atoms with Crippen LogP contribution in [0, 0.1) is 5.82 Å². The van der Waals surface area contributed by atoms with Gasteiger partial charge in [0.05, 0.1) is 0 Å². The lowest BCUT2D eigenvalue weighted by atomic mass is 10.1. The van der Waals surface area contributed by atoms with Crippen LogP contribution in [0.1, 0.15) is 18.4 Å². The summed E-state index contributed by atoms with van der Waals surface area (Å²) < 4.78 is 51.2. The summed E-state index contributed by atoms with van der Waals surface area (Å²) in [5.41, 5.74) is 5.47. The zero-order valence-electron chi connectivity index (χ0n) is 10.4. The van der Waals surface area contributed by atoms with Gasteiger partial charge in [0.1, 0.15) is 12.4 Å². The Labute approximate surface area is 112 Å². The summed E-state index contributed by atoms with van der Waals surface area (Å²) in [6, 6.07) is 2.96. The van der Waals surface area contributed by atoms with Crippen molar-refractivity contribution in [1.82, 2.24) is 0 Å². The van der Waals surface area contributed by atoms with E-state index in [1.807, 2.05) is 0 Å². The molecule has 0 atom stereocenters. The minimum atomic E-state index is -4.39. The third-order valence-electron chi connectivity index (χ3n) is 2.99. The SMILES string of the molecule is NC(=NO)c1cc(F)ccc1N(CC(F)(F)F)C1CC1. The van der Waals surface area contributed by atoms with E-state index >= 15 is 0 Å². The van der Waals surface area contributed by atoms with Crippen LogP contribution in [0.2, 0.25) is 0 Å². The molecule has 2 rings (SSSR count). The first-order valence-electron chi connectivity index (χ1n) is 5.92. The first-order chi connectivity index (χ1) is 9.31. The molecule has 0 bridgehead atoms. The molecule has 4 nitrogen and oxygen atoms in total. The van der Waals surface area contributed by atoms with E-state index in [-0.39, 0.29) is 17.3 Å². The fraction of sp³-hybridized carbons (Fsp3) is 0.417. The Morgan fingerprint density at radius 1 is 1.40 bits per heavy atom. The maximum atomic E-state index is 13.2. The van der Waals surface area contributed by atoms with E-state index in [2.05, 4.69) is 5.16 Å². The van der Waals surface area contributed by atoms with E-state index < -0.39 is 24.4 Å². The van der Waals surface area contributed by atoms with Crippen LogP contribution in [0.15, 0.2) is 23.4 Å². The van der Waals surface area contributed by atoms with Crippen LogP contribution in [0.3, 0.4) is 0 Å². The molecule has 20 heavy (non-hydrogen) atoms. The number of rotatable bonds is 4. The standard InChI is InChI=1S/C12H13F4N3O/c13-7-1-4-10(9(5-7)11(17)18-20)19(8-2-3-8)6-12(14,15)16/h1,4-5,8,20H,2-3,6H2,(H2,17,18). The van der Waals surface area contributed by atoms with Gasteiger partial charge in [-0.1, -0.05) is 5.16 Å². The zero-order chi connectivity index (χ0) is 14.9. The highest BCUT2D eigenvalue weighted by atomic mass is 19.4. The molecule has 1 aromatic carbocycles. The molecule has 0 unspecified atom stereocenters. The first kappa shape index (κ1) is 14.4. The summed E-state index contributed by atoms with van der Waals surface area (Å²) in [5, 5.41) is 11.4. The molecule has 3 N–H and O–H groups in total. The number of oxime groups is 1. The van der Waals surface area contributed by atoms with Gasteiger partial charge in [-0.25, -0.2) is 4.39 Å². The van der Waals surface area contributed by atoms with Crippen molar-refractivity contribution in [2.24, 2.45) is 10.9 Å².